The molecule has 9 heteroatoms. The summed E-state index contributed by atoms with van der Waals surface area (Å²) >= 11 is 0. The quantitative estimate of drug-likeness (QED) is 0.0919. The fourth-order valence-electron chi connectivity index (χ4n) is 8.27. The van der Waals surface area contributed by atoms with Crippen molar-refractivity contribution in [3.05, 3.63) is 186 Å². The van der Waals surface area contributed by atoms with Crippen LogP contribution in [-0.2, 0) is 20.7 Å². The number of fused-ring (bicyclic) bond motifs is 4. The van der Waals surface area contributed by atoms with Gasteiger partial charge in [0.25, 0.3) is 5.91 Å². The van der Waals surface area contributed by atoms with E-state index in [4.69, 9.17) is 4.74 Å². The second-order valence-corrected chi connectivity index (χ2v) is 15.3. The highest BCUT2D eigenvalue weighted by molar-refractivity contribution is 6.11. The standard InChI is InChI=1S/C51H46N4O5/c1-3-32(2)48-42(38-23-11-12-26-41(38)49(57)55-48)30-47(56)52-44-27-15-13-24-39(44)40-25-14-16-28-45(40)53-50(58)46(29-33-17-5-4-6-18-33)54-51(59)60-31-43-36-21-9-7-19-34(36)35-20-8-10-22-37(35)43/h4-28,30,32,43,46,48H,3,29,31H2,1-2H3,(H,52,56)(H,53,58)(H,54,59)(H,55,57)/b42-30-/t32-,46-,48-/m0/s1. The van der Waals surface area contributed by atoms with Gasteiger partial charge in [0.1, 0.15) is 12.6 Å². The zero-order chi connectivity index (χ0) is 41.6. The molecule has 6 aromatic rings. The summed E-state index contributed by atoms with van der Waals surface area (Å²) in [5.41, 5.74) is 9.69. The van der Waals surface area contributed by atoms with Crippen molar-refractivity contribution < 1.29 is 23.9 Å². The number of hydrogen-bond acceptors (Lipinski definition) is 5. The van der Waals surface area contributed by atoms with Crippen LogP contribution in [-0.4, -0.2) is 42.5 Å². The van der Waals surface area contributed by atoms with Crippen LogP contribution < -0.4 is 21.3 Å². The van der Waals surface area contributed by atoms with Crippen LogP contribution in [0.4, 0.5) is 16.2 Å². The Labute approximate surface area is 349 Å². The Kier molecular flexibility index (Phi) is 11.7. The fourth-order valence-corrected chi connectivity index (χ4v) is 8.27. The number of amides is 4. The van der Waals surface area contributed by atoms with Gasteiger partial charge >= 0.3 is 6.09 Å². The molecule has 300 valence electrons. The average molecular weight is 795 g/mol. The van der Waals surface area contributed by atoms with Crippen molar-refractivity contribution in [2.45, 2.75) is 44.7 Å². The van der Waals surface area contributed by atoms with E-state index in [-0.39, 0.29) is 42.7 Å². The maximum absolute atomic E-state index is 14.3. The number of rotatable bonds is 12. The molecule has 9 nitrogen and oxygen atoms in total. The van der Waals surface area contributed by atoms with Crippen LogP contribution in [0.5, 0.6) is 0 Å². The summed E-state index contributed by atoms with van der Waals surface area (Å²) < 4.78 is 5.86. The Morgan fingerprint density at radius 3 is 1.78 bits per heavy atom. The Morgan fingerprint density at radius 1 is 0.650 bits per heavy atom. The van der Waals surface area contributed by atoms with Gasteiger partial charge in [0.2, 0.25) is 11.8 Å². The molecular weight excluding hydrogens is 749 g/mol. The van der Waals surface area contributed by atoms with E-state index in [9.17, 15) is 19.2 Å². The van der Waals surface area contributed by atoms with Crippen molar-refractivity contribution in [3.8, 4) is 22.3 Å². The number of anilines is 2. The maximum Gasteiger partial charge on any atom is 0.407 e. The topological polar surface area (TPSA) is 126 Å². The lowest BCUT2D eigenvalue weighted by molar-refractivity contribution is -0.118. The van der Waals surface area contributed by atoms with E-state index in [2.05, 4.69) is 59.4 Å². The third kappa shape index (κ3) is 8.33. The molecule has 8 rings (SSSR count). The molecule has 1 aliphatic heterocycles. The van der Waals surface area contributed by atoms with E-state index >= 15 is 0 Å². The minimum atomic E-state index is -0.977. The Morgan fingerprint density at radius 2 is 1.17 bits per heavy atom. The zero-order valence-corrected chi connectivity index (χ0v) is 33.5. The van der Waals surface area contributed by atoms with E-state index in [0.29, 0.717) is 28.1 Å². The van der Waals surface area contributed by atoms with E-state index < -0.39 is 18.0 Å². The van der Waals surface area contributed by atoms with Crippen LogP contribution in [0.25, 0.3) is 27.8 Å². The molecule has 0 bridgehead atoms. The Hall–Kier alpha value is -7.26. The predicted molar refractivity (Wildman–Crippen MR) is 236 cm³/mol. The van der Waals surface area contributed by atoms with E-state index in [1.807, 2.05) is 115 Å². The summed E-state index contributed by atoms with van der Waals surface area (Å²) in [5.74, 6) is -0.979. The lowest BCUT2D eigenvalue weighted by Gasteiger charge is -2.32. The molecule has 4 amide bonds. The minimum Gasteiger partial charge on any atom is -0.449 e. The number of carbonyl (C=O) groups is 4. The first-order valence-electron chi connectivity index (χ1n) is 20.4. The number of benzene rings is 6. The Balaban J connectivity index is 1.02. The Bertz CT molecular complexity index is 2560. The molecule has 0 radical (unpaired) electrons. The number of hydrogen-bond donors (Lipinski definition) is 4. The van der Waals surface area contributed by atoms with Gasteiger partial charge in [-0.2, -0.15) is 0 Å². The normalized spacial score (nSPS) is 15.7. The van der Waals surface area contributed by atoms with Crippen molar-refractivity contribution in [3.63, 3.8) is 0 Å². The predicted octanol–water partition coefficient (Wildman–Crippen LogP) is 9.62. The van der Waals surface area contributed by atoms with Crippen molar-refractivity contribution in [2.75, 3.05) is 17.2 Å². The van der Waals surface area contributed by atoms with Crippen molar-refractivity contribution in [1.82, 2.24) is 10.6 Å². The van der Waals surface area contributed by atoms with Gasteiger partial charge in [-0.15, -0.1) is 0 Å². The zero-order valence-electron chi connectivity index (χ0n) is 33.5. The number of alkyl carbamates (subject to hydrolysis) is 1. The van der Waals surface area contributed by atoms with Gasteiger partial charge in [-0.3, -0.25) is 14.4 Å². The fraction of sp³-hybridized carbons (Fsp3) is 0.176. The van der Waals surface area contributed by atoms with Gasteiger partial charge in [-0.05, 0) is 63.1 Å². The molecule has 0 saturated carbocycles. The summed E-state index contributed by atoms with van der Waals surface area (Å²) in [6.07, 6.45) is 1.91. The minimum absolute atomic E-state index is 0.0912. The average Bonchev–Trinajstić information content (AvgIpc) is 3.60. The van der Waals surface area contributed by atoms with Gasteiger partial charge in [0.05, 0.1) is 6.04 Å². The van der Waals surface area contributed by atoms with Crippen molar-refractivity contribution in [2.24, 2.45) is 5.92 Å². The molecule has 0 spiro atoms. The number of carbonyl (C=O) groups excluding carboxylic acids is 4. The van der Waals surface area contributed by atoms with Gasteiger partial charge in [-0.25, -0.2) is 4.79 Å². The van der Waals surface area contributed by atoms with E-state index in [1.54, 1.807) is 18.2 Å². The molecule has 60 heavy (non-hydrogen) atoms. The molecule has 0 saturated heterocycles. The number of para-hydroxylation sites is 2. The molecular formula is C51H46N4O5. The molecule has 2 aliphatic rings. The first-order chi connectivity index (χ1) is 29.3. The van der Waals surface area contributed by atoms with Crippen LogP contribution in [0, 0.1) is 5.92 Å². The van der Waals surface area contributed by atoms with Gasteiger partial charge < -0.3 is 26.0 Å². The number of ether oxygens (including phenoxy) is 1. The third-order valence-electron chi connectivity index (χ3n) is 11.5. The van der Waals surface area contributed by atoms with Crippen LogP contribution in [0.15, 0.2) is 158 Å². The third-order valence-corrected chi connectivity index (χ3v) is 11.5. The molecule has 0 unspecified atom stereocenters. The SMILES string of the molecule is CC[C@H](C)[C@@H]1NC(=O)c2ccccc2/C1=C/C(=O)Nc1ccccc1-c1ccccc1NC(=O)[C@H](Cc1ccccc1)NC(=O)OCC1c2ccccc2-c2ccccc21. The first kappa shape index (κ1) is 39.6. The van der Waals surface area contributed by atoms with Crippen LogP contribution in [0.1, 0.15) is 58.8 Å². The summed E-state index contributed by atoms with van der Waals surface area (Å²) in [6.45, 7) is 4.23. The van der Waals surface area contributed by atoms with E-state index in [1.165, 1.54) is 0 Å². The van der Waals surface area contributed by atoms with Crippen LogP contribution in [0.2, 0.25) is 0 Å². The monoisotopic (exact) mass is 794 g/mol. The highest BCUT2D eigenvalue weighted by Gasteiger charge is 2.33. The van der Waals surface area contributed by atoms with Crippen molar-refractivity contribution >= 4 is 40.8 Å². The second kappa shape index (κ2) is 17.7. The first-order valence-corrected chi connectivity index (χ1v) is 20.4. The molecule has 1 aliphatic carbocycles. The highest BCUT2D eigenvalue weighted by Crippen LogP contribution is 2.44. The van der Waals surface area contributed by atoms with Crippen LogP contribution >= 0.6 is 0 Å². The summed E-state index contributed by atoms with van der Waals surface area (Å²) in [4.78, 5) is 54.7. The molecule has 3 atom stereocenters. The number of nitrogens with one attached hydrogen (secondary N) is 4. The van der Waals surface area contributed by atoms with Gasteiger partial charge in [-0.1, -0.05) is 154 Å². The van der Waals surface area contributed by atoms with Crippen molar-refractivity contribution in [1.29, 1.82) is 0 Å². The highest BCUT2D eigenvalue weighted by atomic mass is 16.5. The smallest absolute Gasteiger partial charge is 0.407 e. The largest absolute Gasteiger partial charge is 0.449 e. The molecule has 0 fully saturated rings. The molecule has 4 N–H and O–H groups in total. The van der Waals surface area contributed by atoms with Crippen LogP contribution in [0.3, 0.4) is 0 Å². The second-order valence-electron chi connectivity index (χ2n) is 15.3. The summed E-state index contributed by atoms with van der Waals surface area (Å²) in [7, 11) is 0. The molecule has 0 aromatic heterocycles. The lowest BCUT2D eigenvalue weighted by atomic mass is 9.82. The maximum atomic E-state index is 14.3. The summed E-state index contributed by atoms with van der Waals surface area (Å²) in [5, 5.41) is 12.1. The van der Waals surface area contributed by atoms with Gasteiger partial charge in [0, 0.05) is 46.5 Å². The lowest BCUT2D eigenvalue weighted by Crippen LogP contribution is -2.45. The molecule has 6 aromatic carbocycles. The van der Waals surface area contributed by atoms with E-state index in [0.717, 1.165) is 45.4 Å². The summed E-state index contributed by atoms with van der Waals surface area (Å²) in [6, 6.07) is 46.5. The van der Waals surface area contributed by atoms with Gasteiger partial charge in [0.15, 0.2) is 0 Å². The molecule has 1 heterocycles.